The lowest BCUT2D eigenvalue weighted by Gasteiger charge is -2.29. The van der Waals surface area contributed by atoms with Crippen LogP contribution in [0, 0.1) is 0 Å². The van der Waals surface area contributed by atoms with Crippen LogP contribution in [-0.4, -0.2) is 86.7 Å². The predicted octanol–water partition coefficient (Wildman–Crippen LogP) is 0.899. The van der Waals surface area contributed by atoms with Gasteiger partial charge >= 0.3 is 0 Å². The zero-order valence-electron chi connectivity index (χ0n) is 13.4. The minimum atomic E-state index is 0.262. The van der Waals surface area contributed by atoms with E-state index in [2.05, 4.69) is 23.6 Å². The monoisotopic (exact) mass is 285 g/mol. The van der Waals surface area contributed by atoms with E-state index in [4.69, 9.17) is 4.74 Å². The van der Waals surface area contributed by atoms with E-state index in [-0.39, 0.29) is 5.91 Å². The Morgan fingerprint density at radius 3 is 2.25 bits per heavy atom. The molecule has 1 aliphatic rings. The number of ether oxygens (including phenoxy) is 1. The highest BCUT2D eigenvalue weighted by Gasteiger charge is 2.15. The zero-order chi connectivity index (χ0) is 14.8. The Bertz CT molecular complexity index is 262. The minimum Gasteiger partial charge on any atom is -0.379 e. The van der Waals surface area contributed by atoms with Crippen molar-refractivity contribution >= 4 is 5.91 Å². The fourth-order valence-electron chi connectivity index (χ4n) is 2.45. The molecule has 0 atom stereocenters. The van der Waals surface area contributed by atoms with E-state index in [0.717, 1.165) is 65.3 Å². The molecular weight excluding hydrogens is 254 g/mol. The highest BCUT2D eigenvalue weighted by Crippen LogP contribution is 1.99. The fraction of sp³-hybridized carbons (Fsp3) is 0.933. The van der Waals surface area contributed by atoms with Crippen LogP contribution >= 0.6 is 0 Å². The van der Waals surface area contributed by atoms with E-state index in [0.29, 0.717) is 6.54 Å². The molecule has 1 heterocycles. The van der Waals surface area contributed by atoms with E-state index < -0.39 is 0 Å². The summed E-state index contributed by atoms with van der Waals surface area (Å²) in [4.78, 5) is 18.8. The molecule has 1 aliphatic heterocycles. The van der Waals surface area contributed by atoms with E-state index in [1.807, 2.05) is 11.9 Å². The second-order valence-corrected chi connectivity index (χ2v) is 5.57. The van der Waals surface area contributed by atoms with Crippen LogP contribution in [-0.2, 0) is 9.53 Å². The Hall–Kier alpha value is -0.650. The van der Waals surface area contributed by atoms with Crippen LogP contribution in [0.25, 0.3) is 0 Å². The van der Waals surface area contributed by atoms with Crippen LogP contribution in [0.2, 0.25) is 0 Å². The summed E-state index contributed by atoms with van der Waals surface area (Å²) in [7, 11) is 2.04. The molecule has 0 aliphatic carbocycles. The van der Waals surface area contributed by atoms with E-state index in [9.17, 15) is 4.79 Å². The summed E-state index contributed by atoms with van der Waals surface area (Å²) in [6, 6.07) is 0. The van der Waals surface area contributed by atoms with Crippen LogP contribution in [0.4, 0.5) is 0 Å². The van der Waals surface area contributed by atoms with Gasteiger partial charge in [0.25, 0.3) is 0 Å². The number of nitrogens with zero attached hydrogens (tertiary/aromatic N) is 3. The third-order valence-electron chi connectivity index (χ3n) is 3.65. The fourth-order valence-corrected chi connectivity index (χ4v) is 2.45. The number of rotatable bonds is 9. The highest BCUT2D eigenvalue weighted by atomic mass is 16.5. The summed E-state index contributed by atoms with van der Waals surface area (Å²) < 4.78 is 5.34. The summed E-state index contributed by atoms with van der Waals surface area (Å²) in [5.74, 6) is 0.262. The highest BCUT2D eigenvalue weighted by molar-refractivity contribution is 5.78. The molecule has 0 aromatic heterocycles. The molecular formula is C15H31N3O2. The quantitative estimate of drug-likeness (QED) is 0.631. The molecule has 1 fully saturated rings. The molecule has 5 heteroatoms. The van der Waals surface area contributed by atoms with Crippen LogP contribution < -0.4 is 0 Å². The number of likely N-dealkylation sites (N-methyl/N-ethyl adjacent to an activating group) is 1. The maximum atomic E-state index is 12.2. The Balaban J connectivity index is 2.24. The Morgan fingerprint density at radius 1 is 1.10 bits per heavy atom. The van der Waals surface area contributed by atoms with Crippen molar-refractivity contribution in [2.45, 2.75) is 26.7 Å². The van der Waals surface area contributed by atoms with Crippen molar-refractivity contribution in [1.29, 1.82) is 0 Å². The van der Waals surface area contributed by atoms with Crippen LogP contribution in [0.15, 0.2) is 0 Å². The first-order valence-corrected chi connectivity index (χ1v) is 7.93. The van der Waals surface area contributed by atoms with Crippen LogP contribution in [0.5, 0.6) is 0 Å². The Labute approximate surface area is 123 Å². The number of morpholine rings is 1. The number of hydrogen-bond donors (Lipinski definition) is 0. The molecule has 118 valence electrons. The first-order valence-electron chi connectivity index (χ1n) is 7.93. The normalized spacial score (nSPS) is 16.6. The first kappa shape index (κ1) is 17.4. The summed E-state index contributed by atoms with van der Waals surface area (Å²) in [5, 5.41) is 0. The van der Waals surface area contributed by atoms with Gasteiger partial charge in [0.2, 0.25) is 5.91 Å². The second kappa shape index (κ2) is 10.1. The lowest BCUT2D eigenvalue weighted by molar-refractivity contribution is -0.132. The van der Waals surface area contributed by atoms with Gasteiger partial charge in [-0.3, -0.25) is 14.6 Å². The van der Waals surface area contributed by atoms with Gasteiger partial charge in [-0.15, -0.1) is 0 Å². The number of hydrogen-bond acceptors (Lipinski definition) is 4. The predicted molar refractivity (Wildman–Crippen MR) is 81.9 cm³/mol. The molecule has 0 spiro atoms. The Kier molecular flexibility index (Phi) is 8.82. The van der Waals surface area contributed by atoms with Crippen molar-refractivity contribution in [3.63, 3.8) is 0 Å². The summed E-state index contributed by atoms with van der Waals surface area (Å²) in [6.07, 6.45) is 2.06. The molecule has 1 rings (SSSR count). The van der Waals surface area contributed by atoms with Crippen molar-refractivity contribution in [1.82, 2.24) is 14.7 Å². The smallest absolute Gasteiger partial charge is 0.236 e. The van der Waals surface area contributed by atoms with Crippen LogP contribution in [0.1, 0.15) is 26.7 Å². The van der Waals surface area contributed by atoms with Gasteiger partial charge < -0.3 is 9.64 Å². The standard InChI is InChI=1S/C15H31N3O2/c1-4-6-18(7-5-2)15(19)14-16(3)8-9-17-10-12-20-13-11-17/h4-14H2,1-3H3. The van der Waals surface area contributed by atoms with Crippen molar-refractivity contribution in [2.75, 3.05) is 66.1 Å². The average Bonchev–Trinajstić information content (AvgIpc) is 2.46. The zero-order valence-corrected chi connectivity index (χ0v) is 13.4. The molecule has 0 aromatic carbocycles. The lowest BCUT2D eigenvalue weighted by Crippen LogP contribution is -2.44. The molecule has 0 unspecified atom stereocenters. The molecule has 0 N–H and O–H groups in total. The first-order chi connectivity index (χ1) is 9.67. The second-order valence-electron chi connectivity index (χ2n) is 5.57. The van der Waals surface area contributed by atoms with E-state index in [1.54, 1.807) is 0 Å². The van der Waals surface area contributed by atoms with Crippen molar-refractivity contribution in [3.05, 3.63) is 0 Å². The SMILES string of the molecule is CCCN(CCC)C(=O)CN(C)CCN1CCOCC1. The van der Waals surface area contributed by atoms with Gasteiger partial charge in [0.1, 0.15) is 0 Å². The maximum absolute atomic E-state index is 12.2. The summed E-state index contributed by atoms with van der Waals surface area (Å²) >= 11 is 0. The molecule has 5 nitrogen and oxygen atoms in total. The van der Waals surface area contributed by atoms with Gasteiger partial charge in [0, 0.05) is 39.3 Å². The summed E-state index contributed by atoms with van der Waals surface area (Å²) in [6.45, 7) is 12.2. The van der Waals surface area contributed by atoms with E-state index >= 15 is 0 Å². The number of carbonyl (C=O) groups excluding carboxylic acids is 1. The topological polar surface area (TPSA) is 36.0 Å². The third kappa shape index (κ3) is 6.68. The van der Waals surface area contributed by atoms with Gasteiger partial charge in [-0.2, -0.15) is 0 Å². The molecule has 0 bridgehead atoms. The Morgan fingerprint density at radius 2 is 1.70 bits per heavy atom. The van der Waals surface area contributed by atoms with Crippen molar-refractivity contribution in [2.24, 2.45) is 0 Å². The molecule has 0 saturated carbocycles. The van der Waals surface area contributed by atoms with Gasteiger partial charge in [-0.05, 0) is 19.9 Å². The maximum Gasteiger partial charge on any atom is 0.236 e. The van der Waals surface area contributed by atoms with Crippen molar-refractivity contribution in [3.8, 4) is 0 Å². The van der Waals surface area contributed by atoms with Gasteiger partial charge in [-0.1, -0.05) is 13.8 Å². The summed E-state index contributed by atoms with van der Waals surface area (Å²) in [5.41, 5.74) is 0. The molecule has 1 amide bonds. The number of carbonyl (C=O) groups is 1. The van der Waals surface area contributed by atoms with Gasteiger partial charge in [-0.25, -0.2) is 0 Å². The molecule has 0 aromatic rings. The average molecular weight is 285 g/mol. The minimum absolute atomic E-state index is 0.262. The van der Waals surface area contributed by atoms with Gasteiger partial charge in [0.05, 0.1) is 19.8 Å². The van der Waals surface area contributed by atoms with Crippen LogP contribution in [0.3, 0.4) is 0 Å². The molecule has 0 radical (unpaired) electrons. The van der Waals surface area contributed by atoms with E-state index in [1.165, 1.54) is 0 Å². The number of amides is 1. The molecule has 1 saturated heterocycles. The third-order valence-corrected chi connectivity index (χ3v) is 3.65. The largest absolute Gasteiger partial charge is 0.379 e. The van der Waals surface area contributed by atoms with Gasteiger partial charge in [0.15, 0.2) is 0 Å². The molecule has 20 heavy (non-hydrogen) atoms. The van der Waals surface area contributed by atoms with Crippen molar-refractivity contribution < 1.29 is 9.53 Å². The lowest BCUT2D eigenvalue weighted by atomic mass is 10.3.